The van der Waals surface area contributed by atoms with Crippen LogP contribution in [0, 0.1) is 0 Å². The largest absolute Gasteiger partial charge is 0.472 e. The molecule has 1 aromatic carbocycles. The number of carbonyl (C=O) groups is 2. The second-order valence-electron chi connectivity index (χ2n) is 7.08. The zero-order chi connectivity index (χ0) is 18.0. The molecular weight excluding hydrogens is 336 g/mol. The minimum atomic E-state index is -0.517. The first kappa shape index (κ1) is 17.6. The molecule has 1 saturated heterocycles. The lowest BCUT2D eigenvalue weighted by molar-refractivity contribution is -0.126. The van der Waals surface area contributed by atoms with Gasteiger partial charge in [-0.2, -0.15) is 0 Å². The topological polar surface area (TPSA) is 62.6 Å². The molecule has 25 heavy (non-hydrogen) atoms. The smallest absolute Gasteiger partial charge is 0.255 e. The van der Waals surface area contributed by atoms with Crippen molar-refractivity contribution in [2.24, 2.45) is 0 Å². The fraction of sp³-hybridized carbons (Fsp3) is 0.368. The average Bonchev–Trinajstić information content (AvgIpc) is 3.22. The first-order chi connectivity index (χ1) is 11.9. The molecular formula is C19H22N2O3S. The molecule has 3 rings (SSSR count). The molecule has 2 atom stereocenters. The van der Waals surface area contributed by atoms with E-state index in [-0.39, 0.29) is 22.7 Å². The number of benzene rings is 1. The van der Waals surface area contributed by atoms with Crippen LogP contribution in [0.5, 0.6) is 0 Å². The summed E-state index contributed by atoms with van der Waals surface area (Å²) < 4.78 is 5.19. The summed E-state index contributed by atoms with van der Waals surface area (Å²) in [5, 5.41) is 2.76. The number of carbonyl (C=O) groups excluding carboxylic acids is 2. The van der Waals surface area contributed by atoms with Gasteiger partial charge in [0.15, 0.2) is 0 Å². The van der Waals surface area contributed by atoms with Gasteiger partial charge in [0.25, 0.3) is 5.91 Å². The molecule has 6 heteroatoms. The second kappa shape index (κ2) is 6.96. The molecule has 1 aliphatic heterocycles. The maximum absolute atomic E-state index is 13.1. The van der Waals surface area contributed by atoms with Crippen molar-refractivity contribution in [3.05, 3.63) is 60.1 Å². The third-order valence-electron chi connectivity index (χ3n) is 3.88. The third-order valence-corrected chi connectivity index (χ3v) is 5.21. The molecule has 1 aromatic heterocycles. The molecule has 1 fully saturated rings. The van der Waals surface area contributed by atoms with E-state index in [9.17, 15) is 9.59 Å². The SMILES string of the molecule is CC(C)(C)NC(=O)C1CSC(c2ccoc2)N1C(=O)c1ccccc1. The zero-order valence-corrected chi connectivity index (χ0v) is 15.4. The van der Waals surface area contributed by atoms with Gasteiger partial charge in [0.1, 0.15) is 11.4 Å². The molecule has 0 radical (unpaired) electrons. The van der Waals surface area contributed by atoms with Gasteiger partial charge in [-0.25, -0.2) is 0 Å². The average molecular weight is 358 g/mol. The highest BCUT2D eigenvalue weighted by atomic mass is 32.2. The van der Waals surface area contributed by atoms with Crippen LogP contribution in [0.4, 0.5) is 0 Å². The molecule has 2 heterocycles. The molecule has 1 N–H and O–H groups in total. The molecule has 2 aromatic rings. The Morgan fingerprint density at radius 3 is 2.52 bits per heavy atom. The van der Waals surface area contributed by atoms with Crippen LogP contribution in [0.15, 0.2) is 53.3 Å². The number of furan rings is 1. The predicted octanol–water partition coefficient (Wildman–Crippen LogP) is 3.45. The van der Waals surface area contributed by atoms with Crippen LogP contribution in [-0.2, 0) is 4.79 Å². The maximum atomic E-state index is 13.1. The normalized spacial score (nSPS) is 20.5. The van der Waals surface area contributed by atoms with Crippen molar-refractivity contribution in [1.82, 2.24) is 10.2 Å². The fourth-order valence-corrected chi connectivity index (χ4v) is 4.22. The first-order valence-corrected chi connectivity index (χ1v) is 9.25. The molecule has 0 bridgehead atoms. The van der Waals surface area contributed by atoms with Gasteiger partial charge >= 0.3 is 0 Å². The summed E-state index contributed by atoms with van der Waals surface area (Å²) >= 11 is 1.58. The van der Waals surface area contributed by atoms with Crippen LogP contribution in [0.25, 0.3) is 0 Å². The van der Waals surface area contributed by atoms with Crippen LogP contribution in [0.1, 0.15) is 42.1 Å². The van der Waals surface area contributed by atoms with Crippen molar-refractivity contribution in [2.45, 2.75) is 37.7 Å². The van der Waals surface area contributed by atoms with E-state index in [1.807, 2.05) is 45.0 Å². The lowest BCUT2D eigenvalue weighted by atomic mass is 10.1. The van der Waals surface area contributed by atoms with Gasteiger partial charge in [-0.3, -0.25) is 9.59 Å². The number of thioether (sulfide) groups is 1. The Labute approximate surface area is 151 Å². The Kier molecular flexibility index (Phi) is 4.90. The van der Waals surface area contributed by atoms with E-state index in [1.165, 1.54) is 0 Å². The predicted molar refractivity (Wildman–Crippen MR) is 98.2 cm³/mol. The highest BCUT2D eigenvalue weighted by Crippen LogP contribution is 2.42. The third kappa shape index (κ3) is 3.90. The highest BCUT2D eigenvalue weighted by Gasteiger charge is 2.43. The van der Waals surface area contributed by atoms with Crippen LogP contribution >= 0.6 is 11.8 Å². The molecule has 2 unspecified atom stereocenters. The number of nitrogens with one attached hydrogen (secondary N) is 1. The summed E-state index contributed by atoms with van der Waals surface area (Å²) in [5.41, 5.74) is 1.11. The van der Waals surface area contributed by atoms with E-state index < -0.39 is 6.04 Å². The van der Waals surface area contributed by atoms with Crippen LogP contribution in [-0.4, -0.2) is 34.0 Å². The van der Waals surface area contributed by atoms with Crippen LogP contribution < -0.4 is 5.32 Å². The summed E-state index contributed by atoms with van der Waals surface area (Å²) in [4.78, 5) is 27.6. The van der Waals surface area contributed by atoms with Crippen molar-refractivity contribution in [2.75, 3.05) is 5.75 Å². The molecule has 2 amide bonds. The lowest BCUT2D eigenvalue weighted by Crippen LogP contribution is -2.52. The fourth-order valence-electron chi connectivity index (χ4n) is 2.81. The quantitative estimate of drug-likeness (QED) is 0.913. The van der Waals surface area contributed by atoms with E-state index in [0.29, 0.717) is 11.3 Å². The monoisotopic (exact) mass is 358 g/mol. The number of hydrogen-bond donors (Lipinski definition) is 1. The Balaban J connectivity index is 1.92. The van der Waals surface area contributed by atoms with Gasteiger partial charge in [0, 0.05) is 22.4 Å². The molecule has 0 saturated carbocycles. The Morgan fingerprint density at radius 2 is 1.92 bits per heavy atom. The van der Waals surface area contributed by atoms with E-state index in [4.69, 9.17) is 4.42 Å². The van der Waals surface area contributed by atoms with E-state index >= 15 is 0 Å². The molecule has 0 spiro atoms. The molecule has 5 nitrogen and oxygen atoms in total. The minimum Gasteiger partial charge on any atom is -0.472 e. The van der Waals surface area contributed by atoms with Gasteiger partial charge < -0.3 is 14.6 Å². The van der Waals surface area contributed by atoms with Crippen molar-refractivity contribution in [3.63, 3.8) is 0 Å². The zero-order valence-electron chi connectivity index (χ0n) is 14.6. The number of nitrogens with zero attached hydrogens (tertiary/aromatic N) is 1. The van der Waals surface area contributed by atoms with Crippen molar-refractivity contribution in [1.29, 1.82) is 0 Å². The van der Waals surface area contributed by atoms with Gasteiger partial charge in [-0.1, -0.05) is 18.2 Å². The maximum Gasteiger partial charge on any atom is 0.255 e. The van der Waals surface area contributed by atoms with E-state index in [2.05, 4.69) is 5.32 Å². The number of amides is 2. The molecule has 0 aliphatic carbocycles. The summed E-state index contributed by atoms with van der Waals surface area (Å²) in [5.74, 6) is 0.275. The summed E-state index contributed by atoms with van der Waals surface area (Å²) in [6.07, 6.45) is 3.22. The Hall–Kier alpha value is -2.21. The Morgan fingerprint density at radius 1 is 1.20 bits per heavy atom. The van der Waals surface area contributed by atoms with Crippen LogP contribution in [0.2, 0.25) is 0 Å². The van der Waals surface area contributed by atoms with Crippen LogP contribution in [0.3, 0.4) is 0 Å². The summed E-state index contributed by atoms with van der Waals surface area (Å²) in [6.45, 7) is 5.80. The minimum absolute atomic E-state index is 0.129. The first-order valence-electron chi connectivity index (χ1n) is 8.20. The Bertz CT molecular complexity index is 738. The van der Waals surface area contributed by atoms with Gasteiger partial charge in [0.05, 0.1) is 12.5 Å². The lowest BCUT2D eigenvalue weighted by Gasteiger charge is -2.30. The van der Waals surface area contributed by atoms with E-state index in [0.717, 1.165) is 5.56 Å². The van der Waals surface area contributed by atoms with Gasteiger partial charge in [-0.15, -0.1) is 11.8 Å². The van der Waals surface area contributed by atoms with Crippen molar-refractivity contribution < 1.29 is 14.0 Å². The number of rotatable bonds is 3. The van der Waals surface area contributed by atoms with Crippen molar-refractivity contribution >= 4 is 23.6 Å². The number of hydrogen-bond acceptors (Lipinski definition) is 4. The van der Waals surface area contributed by atoms with Crippen molar-refractivity contribution in [3.8, 4) is 0 Å². The molecule has 132 valence electrons. The standard InChI is InChI=1S/C19H22N2O3S/c1-19(2,3)20-16(22)15-12-25-18(14-9-10-24-11-14)21(15)17(23)13-7-5-4-6-8-13/h4-11,15,18H,12H2,1-3H3,(H,20,22). The van der Waals surface area contributed by atoms with Gasteiger partial charge in [0.2, 0.25) is 5.91 Å². The van der Waals surface area contributed by atoms with E-state index in [1.54, 1.807) is 41.3 Å². The summed E-state index contributed by atoms with van der Waals surface area (Å²) in [7, 11) is 0. The highest BCUT2D eigenvalue weighted by molar-refractivity contribution is 7.99. The summed E-state index contributed by atoms with van der Waals surface area (Å²) in [6, 6.07) is 10.4. The van der Waals surface area contributed by atoms with Gasteiger partial charge in [-0.05, 0) is 39.0 Å². The second-order valence-corrected chi connectivity index (χ2v) is 8.19. The molecule has 1 aliphatic rings.